The summed E-state index contributed by atoms with van der Waals surface area (Å²) in [6, 6.07) is 1.70. The van der Waals surface area contributed by atoms with E-state index in [1.54, 1.807) is 24.0 Å². The Labute approximate surface area is 69.1 Å². The lowest BCUT2D eigenvalue weighted by Gasteiger charge is -2.01. The summed E-state index contributed by atoms with van der Waals surface area (Å²) in [4.78, 5) is 10.7. The topological polar surface area (TPSA) is 46.9 Å². The van der Waals surface area contributed by atoms with Gasteiger partial charge in [-0.05, 0) is 0 Å². The van der Waals surface area contributed by atoms with Crippen molar-refractivity contribution in [1.29, 1.82) is 0 Å². The average Bonchev–Trinajstić information content (AvgIpc) is 2.37. The van der Waals surface area contributed by atoms with Crippen molar-refractivity contribution < 1.29 is 4.79 Å². The number of hydrogen-bond donors (Lipinski definition) is 1. The van der Waals surface area contributed by atoms with Gasteiger partial charge in [0.15, 0.2) is 0 Å². The van der Waals surface area contributed by atoms with Crippen LogP contribution in [0.1, 0.15) is 0 Å². The first-order chi connectivity index (χ1) is 5.24. The van der Waals surface area contributed by atoms with Crippen LogP contribution in [0.2, 0.25) is 0 Å². The molecular weight excluding hydrogens is 166 g/mol. The van der Waals surface area contributed by atoms with Gasteiger partial charge in [0.05, 0.1) is 6.20 Å². The number of carbonyl (C=O) groups is 1. The lowest BCUT2D eigenvalue weighted by Crippen LogP contribution is -2.15. The first-order valence-electron chi connectivity index (χ1n) is 3.08. The Kier molecular flexibility index (Phi) is 2.48. The molecule has 5 heteroatoms. The fourth-order valence-electron chi connectivity index (χ4n) is 0.673. The van der Waals surface area contributed by atoms with E-state index in [2.05, 4.69) is 10.4 Å². The quantitative estimate of drug-likeness (QED) is 0.666. The standard InChI is InChI=1S/C6H8ClN3O/c1-10-5(2-3-8-10)9-6(11)4-7/h2-3H,4H2,1H3,(H,9,11). The predicted octanol–water partition coefficient (Wildman–Crippen LogP) is 0.597. The monoisotopic (exact) mass is 173 g/mol. The van der Waals surface area contributed by atoms with Crippen molar-refractivity contribution in [2.75, 3.05) is 11.2 Å². The minimum absolute atomic E-state index is 0.0365. The van der Waals surface area contributed by atoms with Crippen LogP contribution in [0.3, 0.4) is 0 Å². The van der Waals surface area contributed by atoms with Crippen LogP contribution in [0.25, 0.3) is 0 Å². The van der Waals surface area contributed by atoms with Gasteiger partial charge in [-0.2, -0.15) is 5.10 Å². The predicted molar refractivity (Wildman–Crippen MR) is 42.6 cm³/mol. The number of anilines is 1. The number of aromatic nitrogens is 2. The van der Waals surface area contributed by atoms with Gasteiger partial charge in [0.1, 0.15) is 11.7 Å². The number of amides is 1. The Morgan fingerprint density at radius 2 is 2.64 bits per heavy atom. The molecule has 1 N–H and O–H groups in total. The van der Waals surface area contributed by atoms with Crippen molar-refractivity contribution >= 4 is 23.3 Å². The molecule has 1 aromatic heterocycles. The molecule has 11 heavy (non-hydrogen) atoms. The van der Waals surface area contributed by atoms with Crippen LogP contribution >= 0.6 is 11.6 Å². The lowest BCUT2D eigenvalue weighted by atomic mass is 10.6. The molecule has 4 nitrogen and oxygen atoms in total. The van der Waals surface area contributed by atoms with Gasteiger partial charge in [-0.3, -0.25) is 9.48 Å². The van der Waals surface area contributed by atoms with Crippen LogP contribution in [0, 0.1) is 0 Å². The van der Waals surface area contributed by atoms with E-state index in [0.29, 0.717) is 5.82 Å². The Morgan fingerprint density at radius 3 is 3.09 bits per heavy atom. The summed E-state index contributed by atoms with van der Waals surface area (Å²) >= 11 is 5.28. The van der Waals surface area contributed by atoms with Gasteiger partial charge in [-0.1, -0.05) is 0 Å². The molecule has 0 radical (unpaired) electrons. The molecule has 0 spiro atoms. The van der Waals surface area contributed by atoms with Crippen LogP contribution in [-0.4, -0.2) is 21.6 Å². The summed E-state index contributed by atoms with van der Waals surface area (Å²) in [7, 11) is 1.74. The highest BCUT2D eigenvalue weighted by Crippen LogP contribution is 2.02. The van der Waals surface area contributed by atoms with Gasteiger partial charge in [-0.15, -0.1) is 11.6 Å². The highest BCUT2D eigenvalue weighted by atomic mass is 35.5. The fraction of sp³-hybridized carbons (Fsp3) is 0.333. The van der Waals surface area contributed by atoms with E-state index in [1.165, 1.54) is 0 Å². The third kappa shape index (κ3) is 1.94. The molecule has 1 rings (SSSR count). The second kappa shape index (κ2) is 3.39. The van der Waals surface area contributed by atoms with E-state index in [0.717, 1.165) is 0 Å². The molecule has 1 aromatic rings. The normalized spacial score (nSPS) is 9.64. The van der Waals surface area contributed by atoms with Gasteiger partial charge < -0.3 is 5.32 Å². The summed E-state index contributed by atoms with van der Waals surface area (Å²) < 4.78 is 1.56. The Balaban J connectivity index is 2.64. The number of alkyl halides is 1. The molecule has 1 heterocycles. The zero-order valence-corrected chi connectivity index (χ0v) is 6.80. The maximum Gasteiger partial charge on any atom is 0.240 e. The van der Waals surface area contributed by atoms with E-state index in [9.17, 15) is 4.79 Å². The van der Waals surface area contributed by atoms with Crippen molar-refractivity contribution in [3.05, 3.63) is 12.3 Å². The number of hydrogen-bond acceptors (Lipinski definition) is 2. The Bertz CT molecular complexity index is 258. The minimum Gasteiger partial charge on any atom is -0.310 e. The Hall–Kier alpha value is -1.03. The molecule has 0 aliphatic rings. The second-order valence-corrected chi connectivity index (χ2v) is 2.29. The van der Waals surface area contributed by atoms with Crippen LogP contribution in [0.5, 0.6) is 0 Å². The number of nitrogens with one attached hydrogen (secondary N) is 1. The van der Waals surface area contributed by atoms with E-state index in [4.69, 9.17) is 11.6 Å². The fourth-order valence-corrected chi connectivity index (χ4v) is 0.740. The first-order valence-corrected chi connectivity index (χ1v) is 3.61. The largest absolute Gasteiger partial charge is 0.310 e. The van der Waals surface area contributed by atoms with Crippen molar-refractivity contribution in [1.82, 2.24) is 9.78 Å². The molecule has 0 bridgehead atoms. The zero-order chi connectivity index (χ0) is 8.27. The summed E-state index contributed by atoms with van der Waals surface area (Å²) in [5.74, 6) is 0.386. The van der Waals surface area contributed by atoms with Crippen molar-refractivity contribution in [2.24, 2.45) is 7.05 Å². The van der Waals surface area contributed by atoms with Crippen LogP contribution in [0.4, 0.5) is 5.82 Å². The van der Waals surface area contributed by atoms with Gasteiger partial charge >= 0.3 is 0 Å². The van der Waals surface area contributed by atoms with E-state index >= 15 is 0 Å². The molecule has 0 aromatic carbocycles. The molecule has 0 unspecified atom stereocenters. The van der Waals surface area contributed by atoms with E-state index in [-0.39, 0.29) is 11.8 Å². The Morgan fingerprint density at radius 1 is 1.91 bits per heavy atom. The van der Waals surface area contributed by atoms with Crippen LogP contribution in [0.15, 0.2) is 12.3 Å². The zero-order valence-electron chi connectivity index (χ0n) is 6.04. The summed E-state index contributed by atoms with van der Waals surface area (Å²) in [5, 5.41) is 6.43. The number of carbonyl (C=O) groups excluding carboxylic acids is 1. The molecule has 1 amide bonds. The van der Waals surface area contributed by atoms with E-state index in [1.807, 2.05) is 0 Å². The highest BCUT2D eigenvalue weighted by Gasteiger charge is 2.01. The molecule has 0 aliphatic carbocycles. The molecule has 0 atom stereocenters. The van der Waals surface area contributed by atoms with Crippen molar-refractivity contribution in [2.45, 2.75) is 0 Å². The average molecular weight is 174 g/mol. The highest BCUT2D eigenvalue weighted by molar-refractivity contribution is 6.28. The summed E-state index contributed by atoms with van der Waals surface area (Å²) in [5.41, 5.74) is 0. The molecule has 60 valence electrons. The lowest BCUT2D eigenvalue weighted by molar-refractivity contribution is -0.114. The number of nitrogens with zero attached hydrogens (tertiary/aromatic N) is 2. The molecule has 0 saturated carbocycles. The number of halogens is 1. The molecule has 0 fully saturated rings. The number of rotatable bonds is 2. The van der Waals surface area contributed by atoms with Crippen molar-refractivity contribution in [3.8, 4) is 0 Å². The molecule has 0 saturated heterocycles. The van der Waals surface area contributed by atoms with Gasteiger partial charge in [-0.25, -0.2) is 0 Å². The second-order valence-electron chi connectivity index (χ2n) is 2.02. The maximum atomic E-state index is 10.7. The first kappa shape index (κ1) is 8.07. The molecule has 0 aliphatic heterocycles. The van der Waals surface area contributed by atoms with Crippen LogP contribution in [-0.2, 0) is 11.8 Å². The summed E-state index contributed by atoms with van der Waals surface area (Å²) in [6.07, 6.45) is 1.60. The smallest absolute Gasteiger partial charge is 0.240 e. The third-order valence-electron chi connectivity index (χ3n) is 1.21. The van der Waals surface area contributed by atoms with Crippen molar-refractivity contribution in [3.63, 3.8) is 0 Å². The maximum absolute atomic E-state index is 10.7. The third-order valence-corrected chi connectivity index (χ3v) is 1.45. The minimum atomic E-state index is -0.227. The summed E-state index contributed by atoms with van der Waals surface area (Å²) in [6.45, 7) is 0. The van der Waals surface area contributed by atoms with Gasteiger partial charge in [0.2, 0.25) is 5.91 Å². The molecular formula is C6H8ClN3O. The van der Waals surface area contributed by atoms with Gasteiger partial charge in [0, 0.05) is 13.1 Å². The van der Waals surface area contributed by atoms with Gasteiger partial charge in [0.25, 0.3) is 0 Å². The van der Waals surface area contributed by atoms with Crippen LogP contribution < -0.4 is 5.32 Å². The number of aryl methyl sites for hydroxylation is 1. The SMILES string of the molecule is Cn1nccc1NC(=O)CCl. The van der Waals surface area contributed by atoms with E-state index < -0.39 is 0 Å².